The van der Waals surface area contributed by atoms with Gasteiger partial charge in [-0.15, -0.1) is 0 Å². The summed E-state index contributed by atoms with van der Waals surface area (Å²) >= 11 is 0. The SMILES string of the molecule is CC(CNC(=O)/C=C/c1ccco1)CC(=O)O. The summed E-state index contributed by atoms with van der Waals surface area (Å²) in [5.41, 5.74) is 0. The van der Waals surface area contributed by atoms with E-state index in [9.17, 15) is 9.59 Å². The minimum Gasteiger partial charge on any atom is -0.481 e. The Morgan fingerprint density at radius 2 is 2.35 bits per heavy atom. The summed E-state index contributed by atoms with van der Waals surface area (Å²) < 4.78 is 5.02. The lowest BCUT2D eigenvalue weighted by Gasteiger charge is -2.08. The highest BCUT2D eigenvalue weighted by molar-refractivity contribution is 5.91. The summed E-state index contributed by atoms with van der Waals surface area (Å²) in [5, 5.41) is 11.2. The second-order valence-electron chi connectivity index (χ2n) is 3.80. The number of carboxylic acids is 1. The molecule has 5 heteroatoms. The quantitative estimate of drug-likeness (QED) is 0.735. The summed E-state index contributed by atoms with van der Waals surface area (Å²) in [6, 6.07) is 3.46. The van der Waals surface area contributed by atoms with Gasteiger partial charge in [-0.1, -0.05) is 6.92 Å². The second-order valence-corrected chi connectivity index (χ2v) is 3.80. The third kappa shape index (κ3) is 5.55. The van der Waals surface area contributed by atoms with E-state index in [1.54, 1.807) is 25.1 Å². The number of carbonyl (C=O) groups is 2. The van der Waals surface area contributed by atoms with Crippen molar-refractivity contribution in [1.29, 1.82) is 0 Å². The van der Waals surface area contributed by atoms with E-state index in [1.165, 1.54) is 12.3 Å². The Balaban J connectivity index is 2.28. The van der Waals surface area contributed by atoms with Crippen molar-refractivity contribution in [2.75, 3.05) is 6.54 Å². The van der Waals surface area contributed by atoms with Gasteiger partial charge in [0.1, 0.15) is 5.76 Å². The molecule has 1 amide bonds. The lowest BCUT2D eigenvalue weighted by molar-refractivity contribution is -0.138. The molecular weight excluding hydrogens is 222 g/mol. The Bertz CT molecular complexity index is 395. The smallest absolute Gasteiger partial charge is 0.303 e. The zero-order chi connectivity index (χ0) is 12.7. The maximum absolute atomic E-state index is 11.3. The molecule has 0 aliphatic carbocycles. The minimum absolute atomic E-state index is 0.0438. The molecule has 2 N–H and O–H groups in total. The lowest BCUT2D eigenvalue weighted by atomic mass is 10.1. The molecule has 0 radical (unpaired) electrons. The number of carboxylic acid groups (broad SMARTS) is 1. The zero-order valence-electron chi connectivity index (χ0n) is 9.55. The van der Waals surface area contributed by atoms with Gasteiger partial charge in [-0.2, -0.15) is 0 Å². The van der Waals surface area contributed by atoms with Crippen LogP contribution >= 0.6 is 0 Å². The van der Waals surface area contributed by atoms with Crippen molar-refractivity contribution < 1.29 is 19.1 Å². The van der Waals surface area contributed by atoms with Gasteiger partial charge in [0, 0.05) is 19.0 Å². The summed E-state index contributed by atoms with van der Waals surface area (Å²) in [7, 11) is 0. The van der Waals surface area contributed by atoms with E-state index in [4.69, 9.17) is 9.52 Å². The van der Waals surface area contributed by atoms with Crippen LogP contribution in [0.3, 0.4) is 0 Å². The predicted molar refractivity (Wildman–Crippen MR) is 62.2 cm³/mol. The number of nitrogens with one attached hydrogen (secondary N) is 1. The number of hydrogen-bond acceptors (Lipinski definition) is 3. The number of hydrogen-bond donors (Lipinski definition) is 2. The van der Waals surface area contributed by atoms with Crippen molar-refractivity contribution in [3.05, 3.63) is 30.2 Å². The van der Waals surface area contributed by atoms with Gasteiger partial charge >= 0.3 is 5.97 Å². The minimum atomic E-state index is -0.863. The number of rotatable bonds is 6. The van der Waals surface area contributed by atoms with Crippen LogP contribution in [0.1, 0.15) is 19.1 Å². The van der Waals surface area contributed by atoms with E-state index in [0.717, 1.165) is 0 Å². The number of aliphatic carboxylic acids is 1. The van der Waals surface area contributed by atoms with Gasteiger partial charge < -0.3 is 14.8 Å². The van der Waals surface area contributed by atoms with Gasteiger partial charge in [0.25, 0.3) is 0 Å². The molecule has 1 heterocycles. The summed E-state index contributed by atoms with van der Waals surface area (Å²) in [4.78, 5) is 21.7. The standard InChI is InChI=1S/C12H15NO4/c1-9(7-12(15)16)8-13-11(14)5-4-10-3-2-6-17-10/h2-6,9H,7-8H2,1H3,(H,13,14)(H,15,16)/b5-4+. The fourth-order valence-electron chi connectivity index (χ4n) is 1.25. The summed E-state index contributed by atoms with van der Waals surface area (Å²) in [5.74, 6) is -0.622. The van der Waals surface area contributed by atoms with Crippen molar-refractivity contribution in [3.63, 3.8) is 0 Å². The van der Waals surface area contributed by atoms with Crippen LogP contribution in [0.2, 0.25) is 0 Å². The number of carbonyl (C=O) groups excluding carboxylic acids is 1. The highest BCUT2D eigenvalue weighted by Crippen LogP contribution is 2.02. The molecule has 0 spiro atoms. The Morgan fingerprint density at radius 3 is 2.94 bits per heavy atom. The first-order valence-corrected chi connectivity index (χ1v) is 5.29. The molecule has 0 aliphatic heterocycles. The first-order valence-electron chi connectivity index (χ1n) is 5.29. The van der Waals surface area contributed by atoms with Crippen LogP contribution in [0, 0.1) is 5.92 Å². The molecular formula is C12H15NO4. The molecule has 1 atom stereocenters. The molecule has 92 valence electrons. The lowest BCUT2D eigenvalue weighted by Crippen LogP contribution is -2.27. The first-order chi connectivity index (χ1) is 8.08. The maximum Gasteiger partial charge on any atom is 0.303 e. The molecule has 0 aliphatic rings. The van der Waals surface area contributed by atoms with E-state index in [1.807, 2.05) is 0 Å². The third-order valence-corrected chi connectivity index (χ3v) is 2.09. The fourth-order valence-corrected chi connectivity index (χ4v) is 1.25. The molecule has 5 nitrogen and oxygen atoms in total. The highest BCUT2D eigenvalue weighted by Gasteiger charge is 2.07. The first kappa shape index (κ1) is 13.0. The van der Waals surface area contributed by atoms with E-state index >= 15 is 0 Å². The van der Waals surface area contributed by atoms with E-state index in [-0.39, 0.29) is 18.2 Å². The van der Waals surface area contributed by atoms with Gasteiger partial charge in [0.15, 0.2) is 0 Å². The van der Waals surface area contributed by atoms with Crippen LogP contribution in [-0.4, -0.2) is 23.5 Å². The zero-order valence-corrected chi connectivity index (χ0v) is 9.55. The van der Waals surface area contributed by atoms with Crippen LogP contribution in [-0.2, 0) is 9.59 Å². The molecule has 1 unspecified atom stereocenters. The molecule has 0 fully saturated rings. The van der Waals surface area contributed by atoms with Crippen molar-refractivity contribution in [2.45, 2.75) is 13.3 Å². The fraction of sp³-hybridized carbons (Fsp3) is 0.333. The van der Waals surface area contributed by atoms with Crippen LogP contribution in [0.15, 0.2) is 28.9 Å². The van der Waals surface area contributed by atoms with E-state index in [0.29, 0.717) is 12.3 Å². The van der Waals surface area contributed by atoms with E-state index in [2.05, 4.69) is 5.32 Å². The van der Waals surface area contributed by atoms with Gasteiger partial charge in [-0.3, -0.25) is 9.59 Å². The Morgan fingerprint density at radius 1 is 1.59 bits per heavy atom. The normalized spacial score (nSPS) is 12.5. The maximum atomic E-state index is 11.3. The van der Waals surface area contributed by atoms with Gasteiger partial charge in [-0.25, -0.2) is 0 Å². The Labute approximate surface area is 99.1 Å². The van der Waals surface area contributed by atoms with Crippen molar-refractivity contribution in [2.24, 2.45) is 5.92 Å². The second kappa shape index (κ2) is 6.52. The van der Waals surface area contributed by atoms with Gasteiger partial charge in [0.2, 0.25) is 5.91 Å². The predicted octanol–water partition coefficient (Wildman–Crippen LogP) is 1.52. The molecule has 0 bridgehead atoms. The average Bonchev–Trinajstić information content (AvgIpc) is 2.75. The number of furan rings is 1. The summed E-state index contributed by atoms with van der Waals surface area (Å²) in [6.45, 7) is 2.11. The third-order valence-electron chi connectivity index (χ3n) is 2.09. The number of amides is 1. The van der Waals surface area contributed by atoms with Crippen molar-refractivity contribution in [1.82, 2.24) is 5.32 Å². The molecule has 17 heavy (non-hydrogen) atoms. The summed E-state index contributed by atoms with van der Waals surface area (Å²) in [6.07, 6.45) is 4.47. The Hall–Kier alpha value is -2.04. The van der Waals surface area contributed by atoms with Crippen LogP contribution in [0.4, 0.5) is 0 Å². The average molecular weight is 237 g/mol. The molecule has 0 aromatic carbocycles. The van der Waals surface area contributed by atoms with Gasteiger partial charge in [-0.05, 0) is 24.1 Å². The topological polar surface area (TPSA) is 79.5 Å². The highest BCUT2D eigenvalue weighted by atomic mass is 16.4. The van der Waals surface area contributed by atoms with Crippen LogP contribution < -0.4 is 5.32 Å². The molecule has 1 aromatic heterocycles. The largest absolute Gasteiger partial charge is 0.481 e. The van der Waals surface area contributed by atoms with E-state index < -0.39 is 5.97 Å². The van der Waals surface area contributed by atoms with Crippen molar-refractivity contribution in [3.8, 4) is 0 Å². The Kier molecular flexibility index (Phi) is 5.00. The van der Waals surface area contributed by atoms with Crippen molar-refractivity contribution >= 4 is 18.0 Å². The molecule has 1 aromatic rings. The molecule has 0 saturated heterocycles. The molecule has 0 saturated carbocycles. The van der Waals surface area contributed by atoms with Gasteiger partial charge in [0.05, 0.1) is 6.26 Å². The monoisotopic (exact) mass is 237 g/mol. The van der Waals surface area contributed by atoms with Crippen LogP contribution in [0.25, 0.3) is 6.08 Å². The molecule has 1 rings (SSSR count). The van der Waals surface area contributed by atoms with Crippen LogP contribution in [0.5, 0.6) is 0 Å².